The molecule has 0 aromatic heterocycles. The van der Waals surface area contributed by atoms with E-state index in [4.69, 9.17) is 14.5 Å². The van der Waals surface area contributed by atoms with Crippen LogP contribution in [0.5, 0.6) is 0 Å². The van der Waals surface area contributed by atoms with Crippen molar-refractivity contribution in [2.45, 2.75) is 39.0 Å². The first-order valence-corrected chi connectivity index (χ1v) is 10.5. The number of nitrogens with one attached hydrogen (secondary N) is 1. The van der Waals surface area contributed by atoms with Gasteiger partial charge in [-0.2, -0.15) is 0 Å². The number of unbranched alkanes of at least 4 members (excludes halogenated alkanes) is 1. The van der Waals surface area contributed by atoms with Gasteiger partial charge in [0.1, 0.15) is 0 Å². The number of halogens is 1. The van der Waals surface area contributed by atoms with Crippen LogP contribution in [0.4, 0.5) is 0 Å². The van der Waals surface area contributed by atoms with Gasteiger partial charge >= 0.3 is 0 Å². The summed E-state index contributed by atoms with van der Waals surface area (Å²) in [7, 11) is 2.08. The minimum atomic E-state index is 0. The van der Waals surface area contributed by atoms with Crippen LogP contribution in [0.2, 0.25) is 0 Å². The SMILES string of the molecule is CCNC(=NCCCCOCCc1ccccc1)N(C)CCOCC1CC1.I. The molecule has 0 bridgehead atoms. The summed E-state index contributed by atoms with van der Waals surface area (Å²) in [6.45, 7) is 7.99. The van der Waals surface area contributed by atoms with Crippen LogP contribution >= 0.6 is 24.0 Å². The molecule has 0 atom stereocenters. The maximum Gasteiger partial charge on any atom is 0.193 e. The highest BCUT2D eigenvalue weighted by Gasteiger charge is 2.21. The van der Waals surface area contributed by atoms with Gasteiger partial charge in [0.2, 0.25) is 0 Å². The molecule has 5 nitrogen and oxygen atoms in total. The Kier molecular flexibility index (Phi) is 14.4. The number of rotatable bonds is 14. The van der Waals surface area contributed by atoms with Gasteiger partial charge in [-0.25, -0.2) is 0 Å². The highest BCUT2D eigenvalue weighted by molar-refractivity contribution is 14.0. The average Bonchev–Trinajstić information content (AvgIpc) is 3.51. The summed E-state index contributed by atoms with van der Waals surface area (Å²) >= 11 is 0. The third-order valence-electron chi connectivity index (χ3n) is 4.65. The molecule has 1 aromatic carbocycles. The number of aliphatic imine (C=N–C) groups is 1. The lowest BCUT2D eigenvalue weighted by molar-refractivity contribution is 0.115. The quantitative estimate of drug-likeness (QED) is 0.181. The lowest BCUT2D eigenvalue weighted by Gasteiger charge is -2.22. The second-order valence-electron chi connectivity index (χ2n) is 7.23. The van der Waals surface area contributed by atoms with Gasteiger partial charge in [-0.15, -0.1) is 24.0 Å². The van der Waals surface area contributed by atoms with Crippen molar-refractivity contribution in [3.63, 3.8) is 0 Å². The fourth-order valence-electron chi connectivity index (χ4n) is 2.75. The van der Waals surface area contributed by atoms with Gasteiger partial charge in [-0.1, -0.05) is 30.3 Å². The Morgan fingerprint density at radius 2 is 1.89 bits per heavy atom. The molecule has 1 aromatic rings. The van der Waals surface area contributed by atoms with E-state index in [2.05, 4.69) is 48.5 Å². The monoisotopic (exact) mass is 503 g/mol. The first kappa shape index (κ1) is 25.2. The van der Waals surface area contributed by atoms with Crippen molar-refractivity contribution >= 4 is 29.9 Å². The van der Waals surface area contributed by atoms with Crippen LogP contribution in [0, 0.1) is 5.92 Å². The molecule has 2 rings (SSSR count). The fourth-order valence-corrected chi connectivity index (χ4v) is 2.75. The molecule has 160 valence electrons. The number of ether oxygens (including phenoxy) is 2. The van der Waals surface area contributed by atoms with Gasteiger partial charge in [-0.05, 0) is 50.5 Å². The van der Waals surface area contributed by atoms with Crippen molar-refractivity contribution in [3.05, 3.63) is 35.9 Å². The highest BCUT2D eigenvalue weighted by atomic mass is 127. The molecular formula is C22H38IN3O2. The Morgan fingerprint density at radius 1 is 1.11 bits per heavy atom. The molecule has 0 amide bonds. The number of guanidine groups is 1. The Labute approximate surface area is 188 Å². The van der Waals surface area contributed by atoms with Crippen molar-refractivity contribution in [2.24, 2.45) is 10.9 Å². The Morgan fingerprint density at radius 3 is 2.61 bits per heavy atom. The van der Waals surface area contributed by atoms with Crippen LogP contribution in [0.25, 0.3) is 0 Å². The summed E-state index contributed by atoms with van der Waals surface area (Å²) in [4.78, 5) is 6.88. The van der Waals surface area contributed by atoms with Gasteiger partial charge in [0.25, 0.3) is 0 Å². The fraction of sp³-hybridized carbons (Fsp3) is 0.682. The second kappa shape index (κ2) is 16.0. The van der Waals surface area contributed by atoms with E-state index in [9.17, 15) is 0 Å². The Bertz CT molecular complexity index is 524. The number of benzene rings is 1. The molecule has 0 spiro atoms. The third kappa shape index (κ3) is 11.9. The summed E-state index contributed by atoms with van der Waals surface area (Å²) in [5, 5.41) is 3.36. The average molecular weight is 503 g/mol. The molecule has 1 aliphatic carbocycles. The predicted molar refractivity (Wildman–Crippen MR) is 128 cm³/mol. The summed E-state index contributed by atoms with van der Waals surface area (Å²) in [5.74, 6) is 1.80. The van der Waals surface area contributed by atoms with E-state index in [1.54, 1.807) is 0 Å². The molecule has 6 heteroatoms. The van der Waals surface area contributed by atoms with Crippen LogP contribution in [0.3, 0.4) is 0 Å². The van der Waals surface area contributed by atoms with Crippen LogP contribution in [0.15, 0.2) is 35.3 Å². The van der Waals surface area contributed by atoms with Gasteiger partial charge < -0.3 is 19.7 Å². The van der Waals surface area contributed by atoms with Crippen molar-refractivity contribution < 1.29 is 9.47 Å². The number of hydrogen-bond acceptors (Lipinski definition) is 3. The second-order valence-corrected chi connectivity index (χ2v) is 7.23. The molecule has 1 aliphatic rings. The minimum Gasteiger partial charge on any atom is -0.381 e. The minimum absolute atomic E-state index is 0. The predicted octanol–water partition coefficient (Wildman–Crippen LogP) is 3.97. The zero-order chi connectivity index (χ0) is 19.2. The van der Waals surface area contributed by atoms with E-state index in [-0.39, 0.29) is 24.0 Å². The summed E-state index contributed by atoms with van der Waals surface area (Å²) < 4.78 is 11.5. The highest BCUT2D eigenvalue weighted by Crippen LogP contribution is 2.28. The molecule has 0 unspecified atom stereocenters. The summed E-state index contributed by atoms with van der Waals surface area (Å²) in [6, 6.07) is 10.5. The van der Waals surface area contributed by atoms with Crippen LogP contribution in [0.1, 0.15) is 38.2 Å². The van der Waals surface area contributed by atoms with Crippen LogP contribution in [-0.4, -0.2) is 64.0 Å². The van der Waals surface area contributed by atoms with Gasteiger partial charge in [0.15, 0.2) is 5.96 Å². The van der Waals surface area contributed by atoms with Crippen molar-refractivity contribution in [3.8, 4) is 0 Å². The van der Waals surface area contributed by atoms with E-state index in [1.165, 1.54) is 18.4 Å². The maximum atomic E-state index is 5.74. The number of likely N-dealkylation sites (N-methyl/N-ethyl adjacent to an activating group) is 1. The molecule has 0 aliphatic heterocycles. The van der Waals surface area contributed by atoms with Crippen molar-refractivity contribution in [2.75, 3.05) is 53.1 Å². The normalized spacial score (nSPS) is 13.9. The van der Waals surface area contributed by atoms with E-state index in [1.807, 2.05) is 6.07 Å². The Balaban J connectivity index is 0.00000392. The summed E-state index contributed by atoms with van der Waals surface area (Å²) in [5.41, 5.74) is 1.33. The molecule has 1 N–H and O–H groups in total. The number of hydrogen-bond donors (Lipinski definition) is 1. The first-order chi connectivity index (χ1) is 13.3. The van der Waals surface area contributed by atoms with Gasteiger partial charge in [-0.3, -0.25) is 4.99 Å². The standard InChI is InChI=1S/C22H37N3O2.HI/c1-3-23-22(25(2)15-18-27-19-21-11-12-21)24-14-7-8-16-26-17-13-20-9-5-4-6-10-20;/h4-6,9-10,21H,3,7-8,11-19H2,1-2H3,(H,23,24);1H. The zero-order valence-electron chi connectivity index (χ0n) is 17.6. The molecule has 0 heterocycles. The molecule has 1 fully saturated rings. The van der Waals surface area contributed by atoms with E-state index in [0.717, 1.165) is 77.2 Å². The smallest absolute Gasteiger partial charge is 0.193 e. The largest absolute Gasteiger partial charge is 0.381 e. The van der Waals surface area contributed by atoms with Gasteiger partial charge in [0.05, 0.1) is 13.2 Å². The van der Waals surface area contributed by atoms with E-state index in [0.29, 0.717) is 0 Å². The van der Waals surface area contributed by atoms with Crippen molar-refractivity contribution in [1.29, 1.82) is 0 Å². The van der Waals surface area contributed by atoms with E-state index >= 15 is 0 Å². The summed E-state index contributed by atoms with van der Waals surface area (Å²) in [6.07, 6.45) is 5.77. The Hall–Kier alpha value is -0.860. The molecule has 1 saturated carbocycles. The molecular weight excluding hydrogens is 465 g/mol. The third-order valence-corrected chi connectivity index (χ3v) is 4.65. The topological polar surface area (TPSA) is 46.1 Å². The van der Waals surface area contributed by atoms with Crippen LogP contribution in [-0.2, 0) is 15.9 Å². The van der Waals surface area contributed by atoms with Crippen LogP contribution < -0.4 is 5.32 Å². The lowest BCUT2D eigenvalue weighted by atomic mass is 10.2. The van der Waals surface area contributed by atoms with Gasteiger partial charge in [0, 0.05) is 39.9 Å². The van der Waals surface area contributed by atoms with E-state index < -0.39 is 0 Å². The van der Waals surface area contributed by atoms with Crippen molar-refractivity contribution in [1.82, 2.24) is 10.2 Å². The number of nitrogens with zero attached hydrogens (tertiary/aromatic N) is 2. The lowest BCUT2D eigenvalue weighted by Crippen LogP contribution is -2.40. The molecule has 28 heavy (non-hydrogen) atoms. The molecule has 0 radical (unpaired) electrons. The first-order valence-electron chi connectivity index (χ1n) is 10.5. The zero-order valence-corrected chi connectivity index (χ0v) is 19.9. The maximum absolute atomic E-state index is 5.74. The molecule has 0 saturated heterocycles.